The number of ether oxygens (including phenoxy) is 6. The smallest absolute Gasteiger partial charge is 0.435 e. The summed E-state index contributed by atoms with van der Waals surface area (Å²) in [7, 11) is 1.11. The van der Waals surface area contributed by atoms with Gasteiger partial charge in [0.25, 0.3) is 11.8 Å². The number of alkyl halides is 5. The van der Waals surface area contributed by atoms with Gasteiger partial charge in [-0.25, -0.2) is 17.9 Å². The highest BCUT2D eigenvalue weighted by Gasteiger charge is 2.78. The van der Waals surface area contributed by atoms with Crippen LogP contribution in [-0.4, -0.2) is 198 Å². The van der Waals surface area contributed by atoms with E-state index in [2.05, 4.69) is 51.5 Å². The van der Waals surface area contributed by atoms with Gasteiger partial charge in [0, 0.05) is 84.0 Å². The zero-order chi connectivity index (χ0) is 63.5. The van der Waals surface area contributed by atoms with E-state index >= 15 is 4.39 Å². The molecule has 3 aliphatic rings. The van der Waals surface area contributed by atoms with Gasteiger partial charge in [0.15, 0.2) is 11.4 Å². The fraction of sp³-hybridized carbons (Fsp3) is 0.526. The largest absolute Gasteiger partial charge is 0.468 e. The number of hydrogen-bond acceptors (Lipinski definition) is 17. The zero-order valence-electron chi connectivity index (χ0n) is 48.7. The normalized spacial score (nSPS) is 17.1. The number of rotatable bonds is 31. The number of esters is 1. The molecule has 2 fully saturated rings. The number of likely N-dealkylation sites (tertiary alicyclic amines) is 1. The summed E-state index contributed by atoms with van der Waals surface area (Å²) in [5.74, 6) is -8.54. The van der Waals surface area contributed by atoms with Crippen LogP contribution in [-0.2, 0) is 78.0 Å². The number of fused-ring (bicyclic) bond motifs is 4. The van der Waals surface area contributed by atoms with Crippen molar-refractivity contribution in [3.05, 3.63) is 77.4 Å². The number of nitrogens with one attached hydrogen (secondary N) is 5. The molecule has 2 aliphatic carbocycles. The van der Waals surface area contributed by atoms with Crippen LogP contribution in [0.4, 0.5) is 32.0 Å². The highest BCUT2D eigenvalue weighted by atomic mass is 19.4. The number of carbonyl (C=O) groups is 7. The van der Waals surface area contributed by atoms with Crippen molar-refractivity contribution in [3.8, 4) is 11.1 Å². The molecular formula is C57H67F6N13O13. The van der Waals surface area contributed by atoms with Gasteiger partial charge in [-0.1, -0.05) is 19.1 Å². The third-order valence-corrected chi connectivity index (χ3v) is 15.8. The van der Waals surface area contributed by atoms with Crippen LogP contribution in [0.1, 0.15) is 77.3 Å². The molecule has 2 aromatic carbocycles. The Bertz CT molecular complexity index is 3540. The number of carbonyl (C=O) groups excluding carboxylic acids is 7. The van der Waals surface area contributed by atoms with Crippen molar-refractivity contribution >= 4 is 68.9 Å². The molecule has 6 aromatic rings. The van der Waals surface area contributed by atoms with Crippen LogP contribution in [0.5, 0.6) is 0 Å². The number of hydrogen-bond donors (Lipinski definition) is 5. The van der Waals surface area contributed by atoms with Crippen LogP contribution in [0.25, 0.3) is 32.9 Å². The second-order valence-corrected chi connectivity index (χ2v) is 21.6. The molecular weight excluding hydrogens is 1190 g/mol. The molecule has 5 heterocycles. The summed E-state index contributed by atoms with van der Waals surface area (Å²) in [5, 5.41) is 28.5. The minimum atomic E-state index is -5.07. The Balaban J connectivity index is 0.581. The number of nitrogens with zero attached hydrogens (tertiary/aromatic N) is 8. The first-order chi connectivity index (χ1) is 42.7. The van der Waals surface area contributed by atoms with Crippen LogP contribution in [0.15, 0.2) is 48.9 Å². The van der Waals surface area contributed by atoms with Crippen molar-refractivity contribution in [1.82, 2.24) is 60.4 Å². The van der Waals surface area contributed by atoms with E-state index in [9.17, 15) is 55.5 Å². The second-order valence-electron chi connectivity index (χ2n) is 21.6. The number of aromatic nitrogens is 8. The topological polar surface area (TPSA) is 308 Å². The molecule has 9 rings (SSSR count). The number of halogens is 6. The third-order valence-electron chi connectivity index (χ3n) is 15.8. The van der Waals surface area contributed by atoms with Gasteiger partial charge < -0.3 is 54.6 Å². The molecule has 0 radical (unpaired) electrons. The monoisotopic (exact) mass is 1260 g/mol. The summed E-state index contributed by atoms with van der Waals surface area (Å²) < 4.78 is 124. The lowest BCUT2D eigenvalue weighted by Gasteiger charge is -2.32. The van der Waals surface area contributed by atoms with Crippen LogP contribution in [0, 0.1) is 17.2 Å². The van der Waals surface area contributed by atoms with E-state index in [1.165, 1.54) is 36.7 Å². The number of methoxy groups -OCH3 is 1. The summed E-state index contributed by atoms with van der Waals surface area (Å²) in [5.41, 5.74) is -1.54. The average Bonchev–Trinajstić information content (AvgIpc) is 1.52. The molecule has 4 aromatic heterocycles. The Morgan fingerprint density at radius 3 is 2.11 bits per heavy atom. The van der Waals surface area contributed by atoms with Gasteiger partial charge in [-0.2, -0.15) is 33.6 Å². The number of H-pyrrole nitrogens is 1. The van der Waals surface area contributed by atoms with E-state index in [0.717, 1.165) is 22.5 Å². The lowest BCUT2D eigenvalue weighted by atomic mass is 9.87. The third kappa shape index (κ3) is 15.8. The maximum atomic E-state index is 15.8. The van der Waals surface area contributed by atoms with Crippen molar-refractivity contribution in [2.75, 3.05) is 111 Å². The van der Waals surface area contributed by atoms with Gasteiger partial charge in [-0.3, -0.25) is 48.0 Å². The molecule has 2 atom stereocenters. The minimum absolute atomic E-state index is 0.0161. The van der Waals surface area contributed by atoms with Gasteiger partial charge in [-0.05, 0) is 43.0 Å². The summed E-state index contributed by atoms with van der Waals surface area (Å²) in [6, 6.07) is 6.02. The zero-order valence-corrected chi connectivity index (χ0v) is 48.7. The predicted molar refractivity (Wildman–Crippen MR) is 301 cm³/mol. The standard InChI is InChI=1S/C57H67F6N13O13/c1-55-27-41-39(26-44(55)56(55,59)60)52(71-70-41)54(83)69-35-29-67-74(32-35)36-8-12-73(13-9-36)48(80)10-14-85-16-18-87-20-22-89-23-21-88-19-17-86-15-11-64-45(77)6-7-49(81)76-43-25-38(40(58)24-34(43)28-68-76)37-4-3-5-42-51(37)53(57(61,62)63)72-75(42)33-47(79)65-30-46(78)66-31-50(82)84-2/h3-5,24-25,28-29,32,36,44H,6-23,26-27,30-31,33H2,1-2H3,(H,64,77)(H,65,79)(H,66,78)(H,69,83)(H,70,71)/t44-,55+/m1/s1. The molecule has 0 bridgehead atoms. The Morgan fingerprint density at radius 1 is 0.753 bits per heavy atom. The molecule has 0 spiro atoms. The van der Waals surface area contributed by atoms with E-state index in [1.54, 1.807) is 22.7 Å². The molecule has 1 saturated heterocycles. The summed E-state index contributed by atoms with van der Waals surface area (Å²) in [4.78, 5) is 89.6. The quantitative estimate of drug-likeness (QED) is 0.0233. The number of benzene rings is 2. The summed E-state index contributed by atoms with van der Waals surface area (Å²) in [6.45, 7) is 3.72. The molecule has 26 nitrogen and oxygen atoms in total. The van der Waals surface area contributed by atoms with Gasteiger partial charge >= 0.3 is 12.1 Å². The number of piperidine rings is 1. The molecule has 89 heavy (non-hydrogen) atoms. The lowest BCUT2D eigenvalue weighted by Crippen LogP contribution is -2.40. The number of amides is 5. The average molecular weight is 1260 g/mol. The van der Waals surface area contributed by atoms with Crippen molar-refractivity contribution in [2.45, 2.75) is 76.6 Å². The number of anilines is 1. The SMILES string of the molecule is COC(=O)CNC(=O)CNC(=O)Cn1nc(C(F)(F)F)c2c(-c3cc4c(cnn4C(=O)CCC(=O)NCCOCCOCCOCCOCCOCCC(=O)N4CCC(n5cc(NC(=O)c6n[nH]c7c6C[C@H]6C(F)(F)[C@@]6(C)C7)cn5)CC4)cc3F)cccc21. The Morgan fingerprint density at radius 2 is 1.43 bits per heavy atom. The molecule has 32 heteroatoms. The van der Waals surface area contributed by atoms with Gasteiger partial charge in [0.1, 0.15) is 18.9 Å². The lowest BCUT2D eigenvalue weighted by molar-refractivity contribution is -0.141. The Labute approximate surface area is 503 Å². The van der Waals surface area contributed by atoms with E-state index in [-0.39, 0.29) is 110 Å². The van der Waals surface area contributed by atoms with Crippen molar-refractivity contribution in [3.63, 3.8) is 0 Å². The highest BCUT2D eigenvalue weighted by Crippen LogP contribution is 2.70. The first kappa shape index (κ1) is 65.1. The summed E-state index contributed by atoms with van der Waals surface area (Å²) in [6.07, 6.45) is 0.634. The fourth-order valence-corrected chi connectivity index (χ4v) is 10.8. The predicted octanol–water partition coefficient (Wildman–Crippen LogP) is 4.03. The Hall–Kier alpha value is -8.33. The Kier molecular flexibility index (Phi) is 21.1. The molecule has 1 saturated carbocycles. The highest BCUT2D eigenvalue weighted by molar-refractivity contribution is 6.04. The van der Waals surface area contributed by atoms with E-state index in [0.29, 0.717) is 82.5 Å². The van der Waals surface area contributed by atoms with Crippen LogP contribution >= 0.6 is 0 Å². The maximum Gasteiger partial charge on any atom is 0.435 e. The van der Waals surface area contributed by atoms with Crippen LogP contribution in [0.3, 0.4) is 0 Å². The number of aromatic amines is 1. The maximum absolute atomic E-state index is 15.8. The van der Waals surface area contributed by atoms with Crippen LogP contribution < -0.4 is 21.3 Å². The molecule has 480 valence electrons. The second kappa shape index (κ2) is 28.9. The van der Waals surface area contributed by atoms with Gasteiger partial charge in [0.2, 0.25) is 29.5 Å². The van der Waals surface area contributed by atoms with Crippen molar-refractivity contribution in [1.29, 1.82) is 0 Å². The van der Waals surface area contributed by atoms with E-state index in [4.69, 9.17) is 23.7 Å². The minimum Gasteiger partial charge on any atom is -0.468 e. The first-order valence-corrected chi connectivity index (χ1v) is 28.8. The van der Waals surface area contributed by atoms with Gasteiger partial charge in [0.05, 0.1) is 121 Å². The fourth-order valence-electron chi connectivity index (χ4n) is 10.8. The first-order valence-electron chi connectivity index (χ1n) is 28.8. The van der Waals surface area contributed by atoms with Crippen molar-refractivity contribution in [2.24, 2.45) is 11.3 Å². The van der Waals surface area contributed by atoms with E-state index in [1.807, 2.05) is 0 Å². The van der Waals surface area contributed by atoms with Crippen molar-refractivity contribution < 1.29 is 88.3 Å². The molecule has 1 aliphatic heterocycles. The molecule has 5 N–H and O–H groups in total. The van der Waals surface area contributed by atoms with E-state index < -0.39 is 95.5 Å². The van der Waals surface area contributed by atoms with Crippen LogP contribution in [0.2, 0.25) is 0 Å². The molecule has 5 amide bonds. The molecule has 0 unspecified atom stereocenters. The summed E-state index contributed by atoms with van der Waals surface area (Å²) >= 11 is 0. The van der Waals surface area contributed by atoms with Gasteiger partial charge in [-0.15, -0.1) is 0 Å².